The fourth-order valence-corrected chi connectivity index (χ4v) is 1.30. The van der Waals surface area contributed by atoms with Crippen LogP contribution in [0.25, 0.3) is 0 Å². The molecule has 0 saturated carbocycles. The third-order valence-corrected chi connectivity index (χ3v) is 2.07. The van der Waals surface area contributed by atoms with Gasteiger partial charge < -0.3 is 11.1 Å². The van der Waals surface area contributed by atoms with Crippen LogP contribution in [0.1, 0.15) is 16.2 Å². The normalized spacial score (nSPS) is 10.0. The number of aromatic amines is 1. The molecule has 16 heavy (non-hydrogen) atoms. The monoisotopic (exact) mass is 217 g/mol. The summed E-state index contributed by atoms with van der Waals surface area (Å²) in [5.41, 5.74) is 6.89. The van der Waals surface area contributed by atoms with Gasteiger partial charge in [-0.1, -0.05) is 6.07 Å². The number of H-pyrrole nitrogens is 1. The van der Waals surface area contributed by atoms with Gasteiger partial charge in [-0.3, -0.25) is 14.9 Å². The van der Waals surface area contributed by atoms with Crippen LogP contribution in [0, 0.1) is 0 Å². The summed E-state index contributed by atoms with van der Waals surface area (Å²) < 4.78 is 0. The van der Waals surface area contributed by atoms with Crippen molar-refractivity contribution in [1.82, 2.24) is 15.2 Å². The minimum atomic E-state index is -0.541. The average Bonchev–Trinajstić information content (AvgIpc) is 2.76. The van der Waals surface area contributed by atoms with Crippen LogP contribution in [0.5, 0.6) is 0 Å². The van der Waals surface area contributed by atoms with Gasteiger partial charge in [-0.15, -0.1) is 0 Å². The first kappa shape index (κ1) is 10.2. The molecule has 1 amide bonds. The molecule has 2 rings (SSSR count). The van der Waals surface area contributed by atoms with Gasteiger partial charge in [-0.2, -0.15) is 5.10 Å². The molecule has 0 aromatic carbocycles. The molecule has 0 aliphatic rings. The molecule has 0 atom stereocenters. The van der Waals surface area contributed by atoms with Gasteiger partial charge in [0.25, 0.3) is 5.91 Å². The summed E-state index contributed by atoms with van der Waals surface area (Å²) in [6, 6.07) is 5.63. The van der Waals surface area contributed by atoms with Gasteiger partial charge in [0.2, 0.25) is 0 Å². The Bertz CT molecular complexity index is 479. The van der Waals surface area contributed by atoms with Crippen LogP contribution in [0.2, 0.25) is 0 Å². The highest BCUT2D eigenvalue weighted by Gasteiger charge is 2.09. The van der Waals surface area contributed by atoms with Gasteiger partial charge in [0.05, 0.1) is 24.1 Å². The number of anilines is 1. The third-order valence-electron chi connectivity index (χ3n) is 2.07. The van der Waals surface area contributed by atoms with E-state index < -0.39 is 5.91 Å². The maximum atomic E-state index is 11.0. The molecule has 0 unspecified atom stereocenters. The second-order valence-corrected chi connectivity index (χ2v) is 3.20. The highest BCUT2D eigenvalue weighted by molar-refractivity contribution is 5.96. The largest absolute Gasteiger partial charge is 0.376 e. The van der Waals surface area contributed by atoms with Crippen LogP contribution in [0.4, 0.5) is 5.69 Å². The van der Waals surface area contributed by atoms with Crippen LogP contribution in [0.15, 0.2) is 30.6 Å². The predicted molar refractivity (Wildman–Crippen MR) is 58.7 cm³/mol. The zero-order valence-corrected chi connectivity index (χ0v) is 8.47. The fourth-order valence-electron chi connectivity index (χ4n) is 1.30. The molecule has 82 valence electrons. The number of nitrogens with two attached hydrogens (primary N) is 1. The highest BCUT2D eigenvalue weighted by Crippen LogP contribution is 2.11. The van der Waals surface area contributed by atoms with E-state index in [0.29, 0.717) is 12.2 Å². The Labute approximate surface area is 91.9 Å². The summed E-state index contributed by atoms with van der Waals surface area (Å²) in [7, 11) is 0. The number of amides is 1. The first-order valence-electron chi connectivity index (χ1n) is 4.74. The molecular formula is C10H11N5O. The molecular weight excluding hydrogens is 206 g/mol. The molecule has 0 bridgehead atoms. The molecule has 0 radical (unpaired) electrons. The van der Waals surface area contributed by atoms with E-state index in [9.17, 15) is 4.79 Å². The van der Waals surface area contributed by atoms with E-state index in [-0.39, 0.29) is 5.69 Å². The number of carbonyl (C=O) groups is 1. The number of carbonyl (C=O) groups excluding carboxylic acids is 1. The summed E-state index contributed by atoms with van der Waals surface area (Å²) in [4.78, 5) is 15.1. The van der Waals surface area contributed by atoms with E-state index in [1.807, 2.05) is 18.2 Å². The smallest absolute Gasteiger partial charge is 0.268 e. The van der Waals surface area contributed by atoms with E-state index in [1.165, 1.54) is 6.20 Å². The quantitative estimate of drug-likeness (QED) is 0.695. The number of nitrogens with zero attached hydrogens (tertiary/aromatic N) is 2. The molecule has 2 aromatic heterocycles. The minimum absolute atomic E-state index is 0.274. The summed E-state index contributed by atoms with van der Waals surface area (Å²) >= 11 is 0. The van der Waals surface area contributed by atoms with Crippen LogP contribution < -0.4 is 11.1 Å². The van der Waals surface area contributed by atoms with Crippen LogP contribution >= 0.6 is 0 Å². The number of primary amides is 1. The van der Waals surface area contributed by atoms with E-state index in [2.05, 4.69) is 20.5 Å². The fraction of sp³-hybridized carbons (Fsp3) is 0.100. The van der Waals surface area contributed by atoms with E-state index in [0.717, 1.165) is 5.69 Å². The van der Waals surface area contributed by atoms with Crippen molar-refractivity contribution in [3.63, 3.8) is 0 Å². The van der Waals surface area contributed by atoms with Gasteiger partial charge >= 0.3 is 0 Å². The Morgan fingerprint density at radius 2 is 2.38 bits per heavy atom. The van der Waals surface area contributed by atoms with Crippen molar-refractivity contribution in [1.29, 1.82) is 0 Å². The van der Waals surface area contributed by atoms with Crippen molar-refractivity contribution >= 4 is 11.6 Å². The molecule has 0 saturated heterocycles. The number of nitrogens with one attached hydrogen (secondary N) is 2. The lowest BCUT2D eigenvalue weighted by molar-refractivity contribution is 0.0996. The summed E-state index contributed by atoms with van der Waals surface area (Å²) in [5.74, 6) is -0.541. The Kier molecular flexibility index (Phi) is 2.81. The lowest BCUT2D eigenvalue weighted by atomic mass is 10.3. The number of aromatic nitrogens is 3. The summed E-state index contributed by atoms with van der Waals surface area (Å²) in [5, 5.41) is 9.31. The molecule has 4 N–H and O–H groups in total. The molecule has 0 aliphatic carbocycles. The molecule has 0 fully saturated rings. The first-order valence-corrected chi connectivity index (χ1v) is 4.74. The van der Waals surface area contributed by atoms with Crippen molar-refractivity contribution in [2.75, 3.05) is 5.32 Å². The van der Waals surface area contributed by atoms with Crippen LogP contribution in [-0.2, 0) is 6.54 Å². The van der Waals surface area contributed by atoms with Gasteiger partial charge in [0.15, 0.2) is 0 Å². The van der Waals surface area contributed by atoms with E-state index >= 15 is 0 Å². The molecule has 6 heteroatoms. The Morgan fingerprint density at radius 3 is 3.06 bits per heavy atom. The van der Waals surface area contributed by atoms with Gasteiger partial charge in [0, 0.05) is 6.20 Å². The Morgan fingerprint density at radius 1 is 1.50 bits per heavy atom. The lowest BCUT2D eigenvalue weighted by Crippen LogP contribution is -2.14. The number of rotatable bonds is 4. The third kappa shape index (κ3) is 2.17. The van der Waals surface area contributed by atoms with E-state index in [4.69, 9.17) is 5.73 Å². The maximum absolute atomic E-state index is 11.0. The Balaban J connectivity index is 2.05. The van der Waals surface area contributed by atoms with Gasteiger partial charge in [-0.25, -0.2) is 0 Å². The van der Waals surface area contributed by atoms with Crippen molar-refractivity contribution in [2.45, 2.75) is 6.54 Å². The van der Waals surface area contributed by atoms with Crippen molar-refractivity contribution in [3.05, 3.63) is 42.0 Å². The number of pyridine rings is 1. The molecule has 2 aromatic rings. The number of hydrogen-bond acceptors (Lipinski definition) is 4. The van der Waals surface area contributed by atoms with E-state index in [1.54, 1.807) is 6.20 Å². The first-order chi connectivity index (χ1) is 7.77. The molecule has 2 heterocycles. The van der Waals surface area contributed by atoms with Crippen molar-refractivity contribution < 1.29 is 4.79 Å². The Hall–Kier alpha value is -2.37. The molecule has 0 aliphatic heterocycles. The van der Waals surface area contributed by atoms with Gasteiger partial charge in [0.1, 0.15) is 5.69 Å². The SMILES string of the molecule is NC(=O)c1[nH]ncc1NCc1ccccn1. The zero-order chi connectivity index (χ0) is 11.4. The topological polar surface area (TPSA) is 96.7 Å². The van der Waals surface area contributed by atoms with Crippen LogP contribution in [-0.4, -0.2) is 21.1 Å². The standard InChI is InChI=1S/C10H11N5O/c11-10(16)9-8(6-14-15-9)13-5-7-3-1-2-4-12-7/h1-4,6,13H,5H2,(H2,11,16)(H,14,15). The lowest BCUT2D eigenvalue weighted by Gasteiger charge is -2.03. The maximum Gasteiger partial charge on any atom is 0.268 e. The number of hydrogen-bond donors (Lipinski definition) is 3. The molecule has 6 nitrogen and oxygen atoms in total. The van der Waals surface area contributed by atoms with Crippen molar-refractivity contribution in [3.8, 4) is 0 Å². The molecule has 0 spiro atoms. The highest BCUT2D eigenvalue weighted by atomic mass is 16.1. The predicted octanol–water partition coefficient (Wildman–Crippen LogP) is 0.516. The summed E-state index contributed by atoms with van der Waals surface area (Å²) in [6.45, 7) is 0.515. The average molecular weight is 217 g/mol. The van der Waals surface area contributed by atoms with Gasteiger partial charge in [-0.05, 0) is 12.1 Å². The second kappa shape index (κ2) is 4.43. The zero-order valence-electron chi connectivity index (χ0n) is 8.47. The summed E-state index contributed by atoms with van der Waals surface area (Å²) in [6.07, 6.45) is 3.23. The van der Waals surface area contributed by atoms with Crippen molar-refractivity contribution in [2.24, 2.45) is 5.73 Å². The minimum Gasteiger partial charge on any atom is -0.376 e. The van der Waals surface area contributed by atoms with Crippen LogP contribution in [0.3, 0.4) is 0 Å². The second-order valence-electron chi connectivity index (χ2n) is 3.20.